The van der Waals surface area contributed by atoms with Crippen molar-refractivity contribution in [3.8, 4) is 5.75 Å². The van der Waals surface area contributed by atoms with E-state index in [-0.39, 0.29) is 31.5 Å². The van der Waals surface area contributed by atoms with Crippen LogP contribution in [0.25, 0.3) is 0 Å². The van der Waals surface area contributed by atoms with E-state index < -0.39 is 12.1 Å². The van der Waals surface area contributed by atoms with Gasteiger partial charge in [-0.05, 0) is 26.0 Å². The van der Waals surface area contributed by atoms with Gasteiger partial charge in [0.15, 0.2) is 0 Å². The molecule has 0 aliphatic heterocycles. The summed E-state index contributed by atoms with van der Waals surface area (Å²) >= 11 is 0. The minimum Gasteiger partial charge on any atom is -0.491 e. The summed E-state index contributed by atoms with van der Waals surface area (Å²) < 4.78 is 10.5. The van der Waals surface area contributed by atoms with Crippen molar-refractivity contribution in [2.75, 3.05) is 19.8 Å². The molecule has 1 aromatic rings. The van der Waals surface area contributed by atoms with Crippen molar-refractivity contribution < 1.29 is 29.6 Å². The van der Waals surface area contributed by atoms with Gasteiger partial charge in [-0.15, -0.1) is 0 Å². The zero-order chi connectivity index (χ0) is 17.0. The summed E-state index contributed by atoms with van der Waals surface area (Å²) in [7, 11) is 0. The molecule has 0 radical (unpaired) electrons. The first-order chi connectivity index (χ1) is 10.4. The highest BCUT2D eigenvalue weighted by atomic mass is 16.5. The van der Waals surface area contributed by atoms with Gasteiger partial charge < -0.3 is 24.8 Å². The number of aliphatic hydroxyl groups excluding tert-OH is 2. The van der Waals surface area contributed by atoms with Crippen molar-refractivity contribution in [1.82, 2.24) is 0 Å². The summed E-state index contributed by atoms with van der Waals surface area (Å²) in [5.74, 6) is -0.216. The van der Waals surface area contributed by atoms with Crippen molar-refractivity contribution in [3.05, 3.63) is 42.5 Å². The Morgan fingerprint density at radius 2 is 1.82 bits per heavy atom. The lowest BCUT2D eigenvalue weighted by atomic mass is 10.3. The highest BCUT2D eigenvalue weighted by Gasteiger charge is 2.08. The second kappa shape index (κ2) is 11.7. The Balaban J connectivity index is 0.000000626. The molecule has 6 nitrogen and oxygen atoms in total. The number of rotatable bonds is 8. The summed E-state index contributed by atoms with van der Waals surface area (Å²) in [4.78, 5) is 9.60. The van der Waals surface area contributed by atoms with Crippen molar-refractivity contribution in [3.63, 3.8) is 0 Å². The van der Waals surface area contributed by atoms with E-state index in [1.807, 2.05) is 30.3 Å². The first-order valence-electron chi connectivity index (χ1n) is 6.84. The fraction of sp³-hybridized carbons (Fsp3) is 0.438. The maximum Gasteiger partial charge on any atom is 0.330 e. The van der Waals surface area contributed by atoms with Crippen LogP contribution in [0.3, 0.4) is 0 Å². The van der Waals surface area contributed by atoms with Gasteiger partial charge >= 0.3 is 5.97 Å². The van der Waals surface area contributed by atoms with E-state index in [1.165, 1.54) is 6.92 Å². The molecule has 0 fully saturated rings. The van der Waals surface area contributed by atoms with Crippen molar-refractivity contribution in [1.29, 1.82) is 0 Å². The predicted octanol–water partition coefficient (Wildman–Crippen LogP) is 1.47. The van der Waals surface area contributed by atoms with Crippen LogP contribution >= 0.6 is 0 Å². The molecular weight excluding hydrogens is 288 g/mol. The van der Waals surface area contributed by atoms with Crippen LogP contribution in [0.4, 0.5) is 0 Å². The van der Waals surface area contributed by atoms with Gasteiger partial charge in [0.2, 0.25) is 0 Å². The zero-order valence-corrected chi connectivity index (χ0v) is 12.9. The number of ether oxygens (including phenoxy) is 2. The Bertz CT molecular complexity index is 420. The highest BCUT2D eigenvalue weighted by molar-refractivity contribution is 5.84. The lowest BCUT2D eigenvalue weighted by molar-refractivity contribution is -0.132. The minimum atomic E-state index is -0.935. The van der Waals surface area contributed by atoms with E-state index in [1.54, 1.807) is 6.92 Å². The van der Waals surface area contributed by atoms with Gasteiger partial charge in [0.1, 0.15) is 18.5 Å². The molecule has 0 saturated heterocycles. The number of aliphatic carboxylic acids is 1. The molecule has 0 amide bonds. The van der Waals surface area contributed by atoms with Crippen LogP contribution in [0.1, 0.15) is 13.8 Å². The van der Waals surface area contributed by atoms with E-state index in [0.29, 0.717) is 0 Å². The molecule has 0 saturated carbocycles. The van der Waals surface area contributed by atoms with Crippen LogP contribution in [0, 0.1) is 0 Å². The Kier molecular flexibility index (Phi) is 10.7. The van der Waals surface area contributed by atoms with Crippen LogP contribution in [-0.2, 0) is 9.53 Å². The number of para-hydroxylation sites is 1. The van der Waals surface area contributed by atoms with Gasteiger partial charge in [0, 0.05) is 5.57 Å². The number of aliphatic hydroxyl groups is 2. The molecule has 22 heavy (non-hydrogen) atoms. The van der Waals surface area contributed by atoms with Gasteiger partial charge in [0.05, 0.1) is 19.3 Å². The monoisotopic (exact) mass is 312 g/mol. The number of carboxylic acids is 1. The summed E-state index contributed by atoms with van der Waals surface area (Å²) in [5, 5.41) is 26.1. The molecule has 3 N–H and O–H groups in total. The molecule has 2 atom stereocenters. The minimum absolute atomic E-state index is 0.0493. The Morgan fingerprint density at radius 3 is 2.27 bits per heavy atom. The van der Waals surface area contributed by atoms with Crippen LogP contribution in [0.2, 0.25) is 0 Å². The smallest absolute Gasteiger partial charge is 0.330 e. The highest BCUT2D eigenvalue weighted by Crippen LogP contribution is 2.08. The lowest BCUT2D eigenvalue weighted by Crippen LogP contribution is -2.27. The van der Waals surface area contributed by atoms with Crippen molar-refractivity contribution in [2.45, 2.75) is 26.1 Å². The number of carbonyl (C=O) groups is 1. The molecule has 0 bridgehead atoms. The Hall–Kier alpha value is -1.89. The predicted molar refractivity (Wildman–Crippen MR) is 82.9 cm³/mol. The van der Waals surface area contributed by atoms with Gasteiger partial charge in [-0.3, -0.25) is 0 Å². The van der Waals surface area contributed by atoms with Crippen molar-refractivity contribution >= 4 is 5.97 Å². The molecule has 0 spiro atoms. The van der Waals surface area contributed by atoms with E-state index >= 15 is 0 Å². The average molecular weight is 312 g/mol. The molecule has 2 unspecified atom stereocenters. The van der Waals surface area contributed by atoms with Gasteiger partial charge in [-0.25, -0.2) is 4.79 Å². The topological polar surface area (TPSA) is 96.2 Å². The fourth-order valence-electron chi connectivity index (χ4n) is 1.09. The molecule has 6 heteroatoms. The largest absolute Gasteiger partial charge is 0.491 e. The first-order valence-corrected chi connectivity index (χ1v) is 6.84. The molecule has 0 aromatic heterocycles. The molecular formula is C16H24O6. The maximum absolute atomic E-state index is 9.60. The van der Waals surface area contributed by atoms with Gasteiger partial charge in [-0.1, -0.05) is 24.8 Å². The lowest BCUT2D eigenvalue weighted by Gasteiger charge is -2.15. The van der Waals surface area contributed by atoms with Crippen LogP contribution < -0.4 is 4.74 Å². The Morgan fingerprint density at radius 1 is 1.27 bits per heavy atom. The molecule has 0 heterocycles. The quantitative estimate of drug-likeness (QED) is 0.629. The second-order valence-corrected chi connectivity index (χ2v) is 4.69. The van der Waals surface area contributed by atoms with E-state index in [0.717, 1.165) is 5.75 Å². The number of carboxylic acid groups (broad SMARTS) is 1. The number of hydrogen-bond acceptors (Lipinski definition) is 5. The molecule has 124 valence electrons. The van der Waals surface area contributed by atoms with Crippen LogP contribution in [0.5, 0.6) is 5.75 Å². The summed E-state index contributed by atoms with van der Waals surface area (Å²) in [6.45, 7) is 6.64. The number of benzene rings is 1. The Labute approximate surface area is 130 Å². The summed E-state index contributed by atoms with van der Waals surface area (Å²) in [6.07, 6.45) is -0.944. The SMILES string of the molecule is C=C(C)C(=O)O.CC(CO)OCC(O)COc1ccccc1. The normalized spacial score (nSPS) is 12.5. The average Bonchev–Trinajstić information content (AvgIpc) is 2.52. The molecule has 1 aromatic carbocycles. The standard InChI is InChI=1S/C12H18O4.C4H6O2/c1-10(7-13)15-8-11(14)9-16-12-5-3-2-4-6-12;1-3(2)4(5)6/h2-6,10-11,13-14H,7-9H2,1H3;1H2,2H3,(H,5,6). The summed E-state index contributed by atoms with van der Waals surface area (Å²) in [6, 6.07) is 9.28. The first kappa shape index (κ1) is 20.1. The van der Waals surface area contributed by atoms with Crippen LogP contribution in [-0.4, -0.2) is 53.3 Å². The fourth-order valence-corrected chi connectivity index (χ4v) is 1.09. The molecule has 0 aliphatic carbocycles. The van der Waals surface area contributed by atoms with E-state index in [9.17, 15) is 9.90 Å². The van der Waals surface area contributed by atoms with Crippen LogP contribution in [0.15, 0.2) is 42.5 Å². The number of hydrogen-bond donors (Lipinski definition) is 3. The zero-order valence-electron chi connectivity index (χ0n) is 12.9. The third kappa shape index (κ3) is 10.8. The van der Waals surface area contributed by atoms with E-state index in [4.69, 9.17) is 19.7 Å². The van der Waals surface area contributed by atoms with Gasteiger partial charge in [0.25, 0.3) is 0 Å². The van der Waals surface area contributed by atoms with E-state index in [2.05, 4.69) is 6.58 Å². The molecule has 1 rings (SSSR count). The second-order valence-electron chi connectivity index (χ2n) is 4.69. The third-order valence-corrected chi connectivity index (χ3v) is 2.38. The van der Waals surface area contributed by atoms with Gasteiger partial charge in [-0.2, -0.15) is 0 Å². The third-order valence-electron chi connectivity index (χ3n) is 2.38. The summed E-state index contributed by atoms with van der Waals surface area (Å²) in [5.41, 5.74) is 0.176. The van der Waals surface area contributed by atoms with Crippen molar-refractivity contribution in [2.24, 2.45) is 0 Å². The maximum atomic E-state index is 9.60. The molecule has 0 aliphatic rings.